The molecule has 0 aromatic heterocycles. The second kappa shape index (κ2) is 11.7. The SMILES string of the molecule is CCNCCNC(=O)c1cccc(CN2CCS(=O)(=O)CC2)c1.Cl.Cl. The minimum absolute atomic E-state index is 0. The first-order valence-electron chi connectivity index (χ1n) is 8.01. The van der Waals surface area contributed by atoms with E-state index in [4.69, 9.17) is 0 Å². The van der Waals surface area contributed by atoms with Gasteiger partial charge in [-0.2, -0.15) is 0 Å². The molecule has 144 valence electrons. The molecule has 25 heavy (non-hydrogen) atoms. The fourth-order valence-electron chi connectivity index (χ4n) is 2.52. The van der Waals surface area contributed by atoms with Crippen molar-refractivity contribution in [1.29, 1.82) is 0 Å². The highest BCUT2D eigenvalue weighted by atomic mass is 35.5. The van der Waals surface area contributed by atoms with Crippen LogP contribution in [0.4, 0.5) is 0 Å². The maximum Gasteiger partial charge on any atom is 0.251 e. The minimum Gasteiger partial charge on any atom is -0.351 e. The molecule has 6 nitrogen and oxygen atoms in total. The van der Waals surface area contributed by atoms with Gasteiger partial charge in [0.05, 0.1) is 11.5 Å². The summed E-state index contributed by atoms with van der Waals surface area (Å²) in [5.74, 6) is 0.362. The van der Waals surface area contributed by atoms with Crippen LogP contribution in [0.15, 0.2) is 24.3 Å². The predicted molar refractivity (Wildman–Crippen MR) is 106 cm³/mol. The number of benzene rings is 1. The molecule has 0 atom stereocenters. The molecular weight excluding hydrogens is 385 g/mol. The highest BCUT2D eigenvalue weighted by Gasteiger charge is 2.21. The van der Waals surface area contributed by atoms with Crippen LogP contribution in [0, 0.1) is 0 Å². The van der Waals surface area contributed by atoms with Crippen molar-refractivity contribution in [1.82, 2.24) is 15.5 Å². The number of likely N-dealkylation sites (N-methyl/N-ethyl adjacent to an activating group) is 1. The van der Waals surface area contributed by atoms with Crippen molar-refractivity contribution in [3.05, 3.63) is 35.4 Å². The lowest BCUT2D eigenvalue weighted by Crippen LogP contribution is -2.39. The van der Waals surface area contributed by atoms with Gasteiger partial charge in [-0.25, -0.2) is 8.42 Å². The second-order valence-corrected chi connectivity index (χ2v) is 8.04. The molecule has 1 aliphatic rings. The predicted octanol–water partition coefficient (Wildman–Crippen LogP) is 1.10. The van der Waals surface area contributed by atoms with Gasteiger partial charge in [0.15, 0.2) is 9.84 Å². The Morgan fingerprint density at radius 3 is 2.48 bits per heavy atom. The van der Waals surface area contributed by atoms with Gasteiger partial charge in [-0.1, -0.05) is 19.1 Å². The Morgan fingerprint density at radius 2 is 1.84 bits per heavy atom. The van der Waals surface area contributed by atoms with Gasteiger partial charge in [-0.05, 0) is 24.2 Å². The van der Waals surface area contributed by atoms with E-state index < -0.39 is 9.84 Å². The largest absolute Gasteiger partial charge is 0.351 e. The number of sulfone groups is 1. The Morgan fingerprint density at radius 1 is 1.16 bits per heavy atom. The quantitative estimate of drug-likeness (QED) is 0.656. The summed E-state index contributed by atoms with van der Waals surface area (Å²) < 4.78 is 22.9. The van der Waals surface area contributed by atoms with Crippen molar-refractivity contribution >= 4 is 40.6 Å². The van der Waals surface area contributed by atoms with E-state index in [2.05, 4.69) is 15.5 Å². The van der Waals surface area contributed by atoms with Crippen molar-refractivity contribution in [2.24, 2.45) is 0 Å². The van der Waals surface area contributed by atoms with Crippen molar-refractivity contribution in [3.63, 3.8) is 0 Å². The Bertz CT molecular complexity index is 627. The molecule has 2 N–H and O–H groups in total. The third kappa shape index (κ3) is 8.37. The minimum atomic E-state index is -2.86. The second-order valence-electron chi connectivity index (χ2n) is 5.74. The summed E-state index contributed by atoms with van der Waals surface area (Å²) in [6, 6.07) is 7.52. The Balaban J connectivity index is 0.00000288. The van der Waals surface area contributed by atoms with E-state index in [-0.39, 0.29) is 42.2 Å². The maximum absolute atomic E-state index is 12.1. The third-order valence-corrected chi connectivity index (χ3v) is 5.48. The molecule has 2 rings (SSSR count). The van der Waals surface area contributed by atoms with E-state index in [1.807, 2.05) is 25.1 Å². The van der Waals surface area contributed by atoms with Gasteiger partial charge < -0.3 is 10.6 Å². The van der Waals surface area contributed by atoms with E-state index >= 15 is 0 Å². The Labute approximate surface area is 162 Å². The molecule has 1 amide bonds. The zero-order valence-electron chi connectivity index (χ0n) is 14.4. The standard InChI is InChI=1S/C16H25N3O3S.2ClH/c1-2-17-6-7-18-16(20)15-5-3-4-14(12-15)13-19-8-10-23(21,22)11-9-19;;/h3-5,12,17H,2,6-11,13H2,1H3,(H,18,20);2*1H. The fourth-order valence-corrected chi connectivity index (χ4v) is 3.80. The summed E-state index contributed by atoms with van der Waals surface area (Å²) in [4.78, 5) is 14.2. The van der Waals surface area contributed by atoms with Crippen molar-refractivity contribution in [2.45, 2.75) is 13.5 Å². The van der Waals surface area contributed by atoms with Gasteiger partial charge in [-0.15, -0.1) is 24.8 Å². The molecule has 1 aliphatic heterocycles. The first-order valence-corrected chi connectivity index (χ1v) is 9.83. The number of nitrogens with one attached hydrogen (secondary N) is 2. The molecule has 0 spiro atoms. The molecule has 0 saturated carbocycles. The zero-order valence-corrected chi connectivity index (χ0v) is 16.8. The van der Waals surface area contributed by atoms with Crippen LogP contribution >= 0.6 is 24.8 Å². The van der Waals surface area contributed by atoms with E-state index in [1.165, 1.54) is 0 Å². The number of hydrogen-bond donors (Lipinski definition) is 2. The highest BCUT2D eigenvalue weighted by molar-refractivity contribution is 7.91. The number of halogens is 2. The van der Waals surface area contributed by atoms with Gasteiger partial charge >= 0.3 is 0 Å². The summed E-state index contributed by atoms with van der Waals surface area (Å²) in [7, 11) is -2.86. The molecule has 0 radical (unpaired) electrons. The number of nitrogens with zero attached hydrogens (tertiary/aromatic N) is 1. The van der Waals surface area contributed by atoms with Gasteiger partial charge in [0.2, 0.25) is 0 Å². The first-order chi connectivity index (χ1) is 11.0. The smallest absolute Gasteiger partial charge is 0.251 e. The van der Waals surface area contributed by atoms with Crippen LogP contribution in [-0.2, 0) is 16.4 Å². The third-order valence-electron chi connectivity index (χ3n) is 3.87. The molecule has 1 heterocycles. The van der Waals surface area contributed by atoms with Crippen LogP contribution in [0.3, 0.4) is 0 Å². The number of carbonyl (C=O) groups is 1. The molecule has 1 saturated heterocycles. The molecule has 9 heteroatoms. The molecule has 1 fully saturated rings. The molecule has 0 bridgehead atoms. The Kier molecular flexibility index (Phi) is 11.3. The van der Waals surface area contributed by atoms with Gasteiger partial charge in [-0.3, -0.25) is 9.69 Å². The lowest BCUT2D eigenvalue weighted by Gasteiger charge is -2.26. The lowest BCUT2D eigenvalue weighted by molar-refractivity contribution is 0.0953. The zero-order chi connectivity index (χ0) is 16.7. The topological polar surface area (TPSA) is 78.5 Å². The number of carbonyl (C=O) groups excluding carboxylic acids is 1. The van der Waals surface area contributed by atoms with Crippen LogP contribution in [-0.4, -0.2) is 63.5 Å². The highest BCUT2D eigenvalue weighted by Crippen LogP contribution is 2.11. The molecule has 1 aromatic carbocycles. The number of rotatable bonds is 7. The van der Waals surface area contributed by atoms with Crippen LogP contribution in [0.1, 0.15) is 22.8 Å². The van der Waals surface area contributed by atoms with Gasteiger partial charge in [0.1, 0.15) is 0 Å². The average Bonchev–Trinajstić information content (AvgIpc) is 2.54. The molecule has 0 aliphatic carbocycles. The van der Waals surface area contributed by atoms with Crippen LogP contribution in [0.25, 0.3) is 0 Å². The van der Waals surface area contributed by atoms with Crippen LogP contribution in [0.2, 0.25) is 0 Å². The maximum atomic E-state index is 12.1. The molecular formula is C16H27Cl2N3O3S. The monoisotopic (exact) mass is 411 g/mol. The first kappa shape index (κ1) is 24.1. The van der Waals surface area contributed by atoms with Crippen molar-refractivity contribution in [3.8, 4) is 0 Å². The Hall–Kier alpha value is -0.860. The van der Waals surface area contributed by atoms with E-state index in [1.54, 1.807) is 6.07 Å². The normalized spacial score (nSPS) is 16.4. The summed E-state index contributed by atoms with van der Waals surface area (Å²) in [6.45, 7) is 6.05. The van der Waals surface area contributed by atoms with Crippen LogP contribution < -0.4 is 10.6 Å². The summed E-state index contributed by atoms with van der Waals surface area (Å²) in [5, 5.41) is 6.04. The van der Waals surface area contributed by atoms with Crippen molar-refractivity contribution in [2.75, 3.05) is 44.2 Å². The van der Waals surface area contributed by atoms with E-state index in [0.29, 0.717) is 31.7 Å². The van der Waals surface area contributed by atoms with Gasteiger partial charge in [0, 0.05) is 38.3 Å². The van der Waals surface area contributed by atoms with E-state index in [9.17, 15) is 13.2 Å². The number of hydrogen-bond acceptors (Lipinski definition) is 5. The van der Waals surface area contributed by atoms with Gasteiger partial charge in [0.25, 0.3) is 5.91 Å². The summed E-state index contributed by atoms with van der Waals surface area (Å²) in [6.07, 6.45) is 0. The number of amides is 1. The molecule has 1 aromatic rings. The lowest BCUT2D eigenvalue weighted by atomic mass is 10.1. The fraction of sp³-hybridized carbons (Fsp3) is 0.562. The molecule has 0 unspecified atom stereocenters. The van der Waals surface area contributed by atoms with Crippen molar-refractivity contribution < 1.29 is 13.2 Å². The summed E-state index contributed by atoms with van der Waals surface area (Å²) in [5.41, 5.74) is 1.67. The summed E-state index contributed by atoms with van der Waals surface area (Å²) >= 11 is 0. The average molecular weight is 412 g/mol. The van der Waals surface area contributed by atoms with E-state index in [0.717, 1.165) is 18.7 Å². The van der Waals surface area contributed by atoms with Crippen LogP contribution in [0.5, 0.6) is 0 Å².